The Kier molecular flexibility index (Phi) is 7.57. The van der Waals surface area contributed by atoms with Gasteiger partial charge in [0.2, 0.25) is 0 Å². The predicted molar refractivity (Wildman–Crippen MR) is 92.4 cm³/mol. The van der Waals surface area contributed by atoms with E-state index in [1.165, 1.54) is 4.88 Å². The number of aliphatic imine (C=N–C) groups is 1. The summed E-state index contributed by atoms with van der Waals surface area (Å²) < 4.78 is 2.14. The molecule has 0 aliphatic rings. The number of nitrogens with zero attached hydrogens (tertiary/aromatic N) is 2. The summed E-state index contributed by atoms with van der Waals surface area (Å²) in [5, 5.41) is 8.67. The summed E-state index contributed by atoms with van der Waals surface area (Å²) in [6, 6.07) is 8.24. The van der Waals surface area contributed by atoms with Gasteiger partial charge in [-0.05, 0) is 23.6 Å². The predicted octanol–water partition coefficient (Wildman–Crippen LogP) is 2.53. The van der Waals surface area contributed by atoms with Crippen LogP contribution >= 0.6 is 35.3 Å². The molecular formula is C13H19IN4S. The molecule has 0 aliphatic carbocycles. The maximum atomic E-state index is 4.20. The van der Waals surface area contributed by atoms with Crippen molar-refractivity contribution in [2.24, 2.45) is 4.99 Å². The van der Waals surface area contributed by atoms with Crippen LogP contribution in [0.3, 0.4) is 0 Å². The molecule has 0 amide bonds. The Morgan fingerprint density at radius 3 is 2.68 bits per heavy atom. The Morgan fingerprint density at radius 2 is 2.05 bits per heavy atom. The number of rotatable bonds is 5. The van der Waals surface area contributed by atoms with Gasteiger partial charge in [-0.1, -0.05) is 6.07 Å². The van der Waals surface area contributed by atoms with Crippen molar-refractivity contribution in [2.75, 3.05) is 13.6 Å². The van der Waals surface area contributed by atoms with E-state index in [9.17, 15) is 0 Å². The highest BCUT2D eigenvalue weighted by Gasteiger charge is 1.98. The van der Waals surface area contributed by atoms with Gasteiger partial charge in [0.25, 0.3) is 0 Å². The second-order valence-electron chi connectivity index (χ2n) is 3.85. The van der Waals surface area contributed by atoms with Crippen LogP contribution in [0, 0.1) is 0 Å². The van der Waals surface area contributed by atoms with Crippen molar-refractivity contribution in [3.05, 3.63) is 46.9 Å². The van der Waals surface area contributed by atoms with Crippen molar-refractivity contribution in [3.8, 4) is 0 Å². The van der Waals surface area contributed by atoms with Crippen LogP contribution in [0.5, 0.6) is 0 Å². The minimum Gasteiger partial charge on any atom is -0.355 e. The van der Waals surface area contributed by atoms with Gasteiger partial charge in [-0.25, -0.2) is 0 Å². The first-order chi connectivity index (χ1) is 8.88. The van der Waals surface area contributed by atoms with Crippen molar-refractivity contribution in [1.82, 2.24) is 15.2 Å². The van der Waals surface area contributed by atoms with Gasteiger partial charge in [0, 0.05) is 37.4 Å². The molecule has 0 aromatic carbocycles. The molecular weight excluding hydrogens is 371 g/mol. The maximum absolute atomic E-state index is 4.20. The summed E-state index contributed by atoms with van der Waals surface area (Å²) in [5.41, 5.74) is 0. The van der Waals surface area contributed by atoms with E-state index in [-0.39, 0.29) is 24.0 Å². The first-order valence-corrected chi connectivity index (χ1v) is 6.84. The van der Waals surface area contributed by atoms with Gasteiger partial charge in [-0.2, -0.15) is 0 Å². The molecule has 0 radical (unpaired) electrons. The van der Waals surface area contributed by atoms with Gasteiger partial charge in [0.05, 0.1) is 6.54 Å². The Hall–Kier alpha value is -1.02. The third-order valence-electron chi connectivity index (χ3n) is 2.56. The van der Waals surface area contributed by atoms with Crippen LogP contribution in [-0.2, 0) is 13.1 Å². The Bertz CT molecular complexity index is 465. The molecule has 2 heterocycles. The average Bonchev–Trinajstić information content (AvgIpc) is 3.06. The van der Waals surface area contributed by atoms with Crippen molar-refractivity contribution in [2.45, 2.75) is 13.1 Å². The number of thiophene rings is 1. The number of hydrogen-bond donors (Lipinski definition) is 2. The number of guanidine groups is 1. The number of aromatic nitrogens is 1. The quantitative estimate of drug-likeness (QED) is 0.468. The van der Waals surface area contributed by atoms with Gasteiger partial charge >= 0.3 is 0 Å². The van der Waals surface area contributed by atoms with Crippen molar-refractivity contribution in [1.29, 1.82) is 0 Å². The summed E-state index contributed by atoms with van der Waals surface area (Å²) in [5.74, 6) is 0.843. The fourth-order valence-electron chi connectivity index (χ4n) is 1.63. The molecule has 2 aromatic rings. The van der Waals surface area contributed by atoms with Gasteiger partial charge in [0.15, 0.2) is 5.96 Å². The lowest BCUT2D eigenvalue weighted by Gasteiger charge is -2.11. The maximum Gasteiger partial charge on any atom is 0.191 e. The van der Waals surface area contributed by atoms with Crippen LogP contribution in [-0.4, -0.2) is 24.1 Å². The topological polar surface area (TPSA) is 41.4 Å². The molecule has 0 saturated carbocycles. The molecule has 0 bridgehead atoms. The minimum absolute atomic E-state index is 0. The number of hydrogen-bond acceptors (Lipinski definition) is 2. The summed E-state index contributed by atoms with van der Waals surface area (Å²) in [7, 11) is 1.79. The summed E-state index contributed by atoms with van der Waals surface area (Å²) >= 11 is 1.75. The summed E-state index contributed by atoms with van der Waals surface area (Å²) in [4.78, 5) is 5.50. The third kappa shape index (κ3) is 5.65. The molecule has 0 fully saturated rings. The molecule has 104 valence electrons. The van der Waals surface area contributed by atoms with E-state index >= 15 is 0 Å². The van der Waals surface area contributed by atoms with Crippen molar-refractivity contribution < 1.29 is 0 Å². The zero-order chi connectivity index (χ0) is 12.6. The second-order valence-corrected chi connectivity index (χ2v) is 4.89. The molecule has 2 N–H and O–H groups in total. The zero-order valence-corrected chi connectivity index (χ0v) is 14.0. The molecule has 4 nitrogen and oxygen atoms in total. The molecule has 2 rings (SSSR count). The van der Waals surface area contributed by atoms with Crippen LogP contribution in [0.4, 0.5) is 0 Å². The normalized spacial score (nSPS) is 10.9. The van der Waals surface area contributed by atoms with E-state index in [1.807, 2.05) is 12.1 Å². The van der Waals surface area contributed by atoms with Crippen molar-refractivity contribution in [3.63, 3.8) is 0 Å². The van der Waals surface area contributed by atoms with Crippen molar-refractivity contribution >= 4 is 41.3 Å². The monoisotopic (exact) mass is 390 g/mol. The number of nitrogens with one attached hydrogen (secondary N) is 2. The number of halogens is 1. The lowest BCUT2D eigenvalue weighted by Crippen LogP contribution is -2.38. The fourth-order valence-corrected chi connectivity index (χ4v) is 2.27. The highest BCUT2D eigenvalue weighted by molar-refractivity contribution is 14.0. The molecule has 0 saturated heterocycles. The smallest absolute Gasteiger partial charge is 0.191 e. The average molecular weight is 390 g/mol. The first kappa shape index (κ1) is 16.0. The Morgan fingerprint density at radius 1 is 1.26 bits per heavy atom. The minimum atomic E-state index is 0. The third-order valence-corrected chi connectivity index (χ3v) is 3.44. The van der Waals surface area contributed by atoms with E-state index < -0.39 is 0 Å². The Balaban J connectivity index is 0.00000180. The molecule has 0 atom stereocenters. The highest BCUT2D eigenvalue weighted by atomic mass is 127. The first-order valence-electron chi connectivity index (χ1n) is 5.96. The molecule has 2 aromatic heterocycles. The highest BCUT2D eigenvalue weighted by Crippen LogP contribution is 2.06. The van der Waals surface area contributed by atoms with Gasteiger partial charge in [-0.15, -0.1) is 35.3 Å². The standard InChI is InChI=1S/C13H18N4S.HI/c1-14-13(16-11-12-5-4-10-18-12)15-6-9-17-7-2-3-8-17;/h2-5,7-8,10H,6,9,11H2,1H3,(H2,14,15,16);1H. The Labute approximate surface area is 135 Å². The fraction of sp³-hybridized carbons (Fsp3) is 0.308. The van der Waals surface area contributed by atoms with E-state index in [4.69, 9.17) is 0 Å². The van der Waals surface area contributed by atoms with E-state index in [0.29, 0.717) is 0 Å². The van der Waals surface area contributed by atoms with Crippen LogP contribution in [0.15, 0.2) is 47.0 Å². The van der Waals surface area contributed by atoms with Crippen LogP contribution in [0.2, 0.25) is 0 Å². The lowest BCUT2D eigenvalue weighted by atomic mass is 10.4. The van der Waals surface area contributed by atoms with Crippen LogP contribution in [0.1, 0.15) is 4.88 Å². The van der Waals surface area contributed by atoms with E-state index in [0.717, 1.165) is 25.6 Å². The van der Waals surface area contributed by atoms with Crippen LogP contribution < -0.4 is 10.6 Å². The molecule has 0 aliphatic heterocycles. The van der Waals surface area contributed by atoms with Gasteiger partial charge < -0.3 is 15.2 Å². The molecule has 0 unspecified atom stereocenters. The lowest BCUT2D eigenvalue weighted by molar-refractivity contribution is 0.666. The molecule has 6 heteroatoms. The molecule has 19 heavy (non-hydrogen) atoms. The molecule has 0 spiro atoms. The second kappa shape index (κ2) is 8.98. The SMILES string of the molecule is CN=C(NCCn1cccc1)NCc1cccs1.I. The van der Waals surface area contributed by atoms with Gasteiger partial charge in [0.1, 0.15) is 0 Å². The van der Waals surface area contributed by atoms with Gasteiger partial charge in [-0.3, -0.25) is 4.99 Å². The van der Waals surface area contributed by atoms with E-state index in [2.05, 4.69) is 50.1 Å². The zero-order valence-electron chi connectivity index (χ0n) is 10.9. The van der Waals surface area contributed by atoms with Crippen LogP contribution in [0.25, 0.3) is 0 Å². The van der Waals surface area contributed by atoms with E-state index in [1.54, 1.807) is 18.4 Å². The summed E-state index contributed by atoms with van der Waals surface area (Å²) in [6.07, 6.45) is 4.12. The largest absolute Gasteiger partial charge is 0.355 e. The summed E-state index contributed by atoms with van der Waals surface area (Å²) in [6.45, 7) is 2.62.